The quantitative estimate of drug-likeness (QED) is 0.257. The molecule has 4 nitrogen and oxygen atoms in total. The molecule has 248 valence electrons. The van der Waals surface area contributed by atoms with Crippen molar-refractivity contribution in [2.24, 2.45) is 51.2 Å². The molecule has 8 unspecified atom stereocenters. The number of carboxylic acid groups (broad SMARTS) is 1. The minimum absolute atomic E-state index is 0.129. The highest BCUT2D eigenvalue weighted by Crippen LogP contribution is 2.76. The van der Waals surface area contributed by atoms with Crippen LogP contribution in [0.3, 0.4) is 0 Å². The number of aliphatic carboxylic acids is 1. The van der Waals surface area contributed by atoms with Crippen LogP contribution in [0.1, 0.15) is 151 Å². The predicted octanol–water partition coefficient (Wildman–Crippen LogP) is 9.47. The molecule has 0 spiro atoms. The van der Waals surface area contributed by atoms with Crippen LogP contribution in [0.15, 0.2) is 23.3 Å². The smallest absolute Gasteiger partial charge is 0.306 e. The summed E-state index contributed by atoms with van der Waals surface area (Å²) >= 11 is 0. The van der Waals surface area contributed by atoms with Crippen LogP contribution < -0.4 is 5.32 Å². The highest BCUT2D eigenvalue weighted by molar-refractivity contribution is 5.70. The van der Waals surface area contributed by atoms with Crippen LogP contribution in [0, 0.1) is 51.2 Å². The summed E-state index contributed by atoms with van der Waals surface area (Å²) in [5.41, 5.74) is 3.98. The largest absolute Gasteiger partial charge is 0.481 e. The van der Waals surface area contributed by atoms with Crippen LogP contribution in [0.2, 0.25) is 0 Å². The molecule has 6 rings (SSSR count). The lowest BCUT2D eigenvalue weighted by molar-refractivity contribution is -0.218. The van der Waals surface area contributed by atoms with Gasteiger partial charge in [-0.05, 0) is 159 Å². The molecule has 0 heterocycles. The lowest BCUT2D eigenvalue weighted by atomic mass is 9.33. The summed E-state index contributed by atoms with van der Waals surface area (Å²) in [5.74, 6) is 2.19. The van der Waals surface area contributed by atoms with Gasteiger partial charge in [0.25, 0.3) is 0 Å². The molecular formula is C40H65NO3. The summed E-state index contributed by atoms with van der Waals surface area (Å²) in [6.07, 6.45) is 23.2. The number of allylic oxidation sites excluding steroid dienone is 4. The van der Waals surface area contributed by atoms with Gasteiger partial charge in [0.15, 0.2) is 0 Å². The number of nitrogens with one attached hydrogen (secondary N) is 1. The van der Waals surface area contributed by atoms with E-state index in [0.717, 1.165) is 56.4 Å². The average Bonchev–Trinajstić information content (AvgIpc) is 3.41. The molecule has 44 heavy (non-hydrogen) atoms. The zero-order valence-electron chi connectivity index (χ0n) is 29.4. The Morgan fingerprint density at radius 1 is 0.886 bits per heavy atom. The molecule has 0 aromatic rings. The number of hydrogen-bond donors (Lipinski definition) is 3. The molecule has 6 aliphatic rings. The Kier molecular flexibility index (Phi) is 8.38. The van der Waals surface area contributed by atoms with E-state index in [1.165, 1.54) is 69.8 Å². The molecule has 0 radical (unpaired) electrons. The fourth-order valence-electron chi connectivity index (χ4n) is 13.5. The second-order valence-electron chi connectivity index (χ2n) is 18.0. The van der Waals surface area contributed by atoms with Crippen molar-refractivity contribution in [2.45, 2.75) is 162 Å². The standard InChI is InChI=1S/C40H65NO3/c1-8-39(44,9-2)25-26-41-40-20-10-11-31(40)30-16-17-33-36(5)21-18-29(27-12-14-28(15-13-27)34(42)43)35(3,4)32(36)19-22-38(33,7)37(30,6)23-24-40/h12,18,28,30-33,41,44H,8-11,13-17,19-26H2,1-7H3,(H,42,43)/t28?,30?,31?,32?,33?,36?,37-,38?,40?/m1/s1. The lowest BCUT2D eigenvalue weighted by Crippen LogP contribution is -2.67. The Hall–Kier alpha value is -1.13. The molecule has 0 aliphatic heterocycles. The third-order valence-electron chi connectivity index (χ3n) is 16.4. The van der Waals surface area contributed by atoms with Crippen molar-refractivity contribution in [3.63, 3.8) is 0 Å². The van der Waals surface area contributed by atoms with Gasteiger partial charge in [-0.1, -0.05) is 67.0 Å². The molecule has 3 N–H and O–H groups in total. The number of aliphatic hydroxyl groups is 1. The van der Waals surface area contributed by atoms with E-state index in [1.807, 2.05) is 0 Å². The summed E-state index contributed by atoms with van der Waals surface area (Å²) in [7, 11) is 0. The molecule has 0 saturated heterocycles. The predicted molar refractivity (Wildman–Crippen MR) is 180 cm³/mol. The topological polar surface area (TPSA) is 69.6 Å². The van der Waals surface area contributed by atoms with Crippen LogP contribution in [0.4, 0.5) is 0 Å². The van der Waals surface area contributed by atoms with Crippen molar-refractivity contribution in [3.05, 3.63) is 23.3 Å². The molecule has 9 atom stereocenters. The molecule has 4 heteroatoms. The zero-order valence-corrected chi connectivity index (χ0v) is 29.4. The van der Waals surface area contributed by atoms with Crippen molar-refractivity contribution < 1.29 is 15.0 Å². The van der Waals surface area contributed by atoms with E-state index in [-0.39, 0.29) is 16.9 Å². The first kappa shape index (κ1) is 32.8. The Morgan fingerprint density at radius 3 is 2.30 bits per heavy atom. The van der Waals surface area contributed by atoms with Crippen molar-refractivity contribution in [1.29, 1.82) is 0 Å². The fraction of sp³-hybridized carbons (Fsp3) is 0.875. The molecular weight excluding hydrogens is 542 g/mol. The van der Waals surface area contributed by atoms with E-state index in [0.29, 0.717) is 28.6 Å². The Labute approximate surface area is 269 Å². The summed E-state index contributed by atoms with van der Waals surface area (Å²) in [5, 5.41) is 24.7. The highest BCUT2D eigenvalue weighted by atomic mass is 16.4. The van der Waals surface area contributed by atoms with E-state index >= 15 is 0 Å². The monoisotopic (exact) mass is 607 g/mol. The van der Waals surface area contributed by atoms with Gasteiger partial charge < -0.3 is 15.5 Å². The number of fused-ring (bicyclic) bond motifs is 7. The summed E-state index contributed by atoms with van der Waals surface area (Å²) in [6, 6.07) is 0. The summed E-state index contributed by atoms with van der Waals surface area (Å²) < 4.78 is 0. The summed E-state index contributed by atoms with van der Waals surface area (Å²) in [6.45, 7) is 18.4. The van der Waals surface area contributed by atoms with Gasteiger partial charge in [-0.25, -0.2) is 0 Å². The fourth-order valence-corrected chi connectivity index (χ4v) is 13.5. The molecule has 6 aliphatic carbocycles. The minimum atomic E-state index is -0.631. The zero-order chi connectivity index (χ0) is 31.8. The van der Waals surface area contributed by atoms with E-state index in [9.17, 15) is 15.0 Å². The molecule has 4 fully saturated rings. The van der Waals surface area contributed by atoms with Crippen molar-refractivity contribution in [2.75, 3.05) is 6.54 Å². The number of hydrogen-bond acceptors (Lipinski definition) is 3. The van der Waals surface area contributed by atoms with Gasteiger partial charge in [0.05, 0.1) is 11.5 Å². The summed E-state index contributed by atoms with van der Waals surface area (Å²) in [4.78, 5) is 11.6. The first-order chi connectivity index (χ1) is 20.7. The second kappa shape index (κ2) is 11.2. The van der Waals surface area contributed by atoms with Crippen LogP contribution >= 0.6 is 0 Å². The second-order valence-corrected chi connectivity index (χ2v) is 18.0. The van der Waals surface area contributed by atoms with Gasteiger partial charge >= 0.3 is 5.97 Å². The van der Waals surface area contributed by atoms with Crippen LogP contribution in [0.25, 0.3) is 0 Å². The number of rotatable bonds is 8. The molecule has 0 amide bonds. The number of carboxylic acids is 1. The van der Waals surface area contributed by atoms with E-state index in [1.54, 1.807) is 5.57 Å². The first-order valence-electron chi connectivity index (χ1n) is 18.8. The van der Waals surface area contributed by atoms with E-state index in [2.05, 4.69) is 65.9 Å². The first-order valence-corrected chi connectivity index (χ1v) is 18.8. The molecule has 4 saturated carbocycles. The third-order valence-corrected chi connectivity index (χ3v) is 16.4. The SMILES string of the molecule is CCC(O)(CC)CCNC12CCCC1C1CCC3C4(C)CC=C(C5=CCC(C(=O)O)CC5)C(C)(C)C4CCC3(C)[C@]1(C)CC2. The van der Waals surface area contributed by atoms with Gasteiger partial charge in [-0.2, -0.15) is 0 Å². The van der Waals surface area contributed by atoms with Crippen molar-refractivity contribution in [1.82, 2.24) is 5.32 Å². The Balaban J connectivity index is 1.24. The minimum Gasteiger partial charge on any atom is -0.481 e. The van der Waals surface area contributed by atoms with Crippen molar-refractivity contribution >= 4 is 5.97 Å². The normalized spacial score (nSPS) is 44.9. The van der Waals surface area contributed by atoms with E-state index in [4.69, 9.17) is 0 Å². The van der Waals surface area contributed by atoms with Crippen molar-refractivity contribution in [3.8, 4) is 0 Å². The molecule has 0 aromatic heterocycles. The van der Waals surface area contributed by atoms with Gasteiger partial charge in [-0.15, -0.1) is 0 Å². The lowest BCUT2D eigenvalue weighted by Gasteiger charge is -2.72. The third kappa shape index (κ3) is 4.76. The molecule has 0 aromatic carbocycles. The number of carbonyl (C=O) groups is 1. The van der Waals surface area contributed by atoms with Gasteiger partial charge in [0, 0.05) is 5.54 Å². The van der Waals surface area contributed by atoms with Gasteiger partial charge in [0.2, 0.25) is 0 Å². The Morgan fingerprint density at radius 2 is 1.64 bits per heavy atom. The highest BCUT2D eigenvalue weighted by Gasteiger charge is 2.69. The van der Waals surface area contributed by atoms with Gasteiger partial charge in [-0.3, -0.25) is 4.79 Å². The average molecular weight is 608 g/mol. The van der Waals surface area contributed by atoms with Crippen LogP contribution in [-0.2, 0) is 4.79 Å². The maximum atomic E-state index is 11.6. The maximum Gasteiger partial charge on any atom is 0.306 e. The van der Waals surface area contributed by atoms with E-state index < -0.39 is 11.6 Å². The van der Waals surface area contributed by atoms with Crippen LogP contribution in [0.5, 0.6) is 0 Å². The Bertz CT molecular complexity index is 1180. The molecule has 0 bridgehead atoms. The maximum absolute atomic E-state index is 11.6. The van der Waals surface area contributed by atoms with Gasteiger partial charge in [0.1, 0.15) is 0 Å². The van der Waals surface area contributed by atoms with Crippen LogP contribution in [-0.4, -0.2) is 33.9 Å².